The minimum absolute atomic E-state index is 0.367. The normalized spacial score (nSPS) is 15.2. The van der Waals surface area contributed by atoms with E-state index in [4.69, 9.17) is 15.7 Å². The molecule has 0 radical (unpaired) electrons. The Labute approximate surface area is 198 Å². The van der Waals surface area contributed by atoms with Crippen LogP contribution in [0.4, 0.5) is 11.8 Å². The maximum Gasteiger partial charge on any atom is 0.225 e. The maximum atomic E-state index is 6.58. The third-order valence-corrected chi connectivity index (χ3v) is 7.39. The average molecular weight is 459 g/mol. The maximum absolute atomic E-state index is 6.58. The first kappa shape index (κ1) is 21.8. The van der Waals surface area contributed by atoms with Crippen molar-refractivity contribution in [1.29, 1.82) is 0 Å². The number of piperidine rings is 1. The van der Waals surface area contributed by atoms with Crippen LogP contribution in [0.2, 0.25) is 0 Å². The number of fused-ring (bicyclic) bond motifs is 1. The number of aryl methyl sites for hydroxylation is 1. The van der Waals surface area contributed by atoms with E-state index in [0.717, 1.165) is 54.1 Å². The van der Waals surface area contributed by atoms with Crippen LogP contribution >= 0.6 is 11.3 Å². The Kier molecular flexibility index (Phi) is 6.24. The molecule has 0 unspecified atom stereocenters. The van der Waals surface area contributed by atoms with Gasteiger partial charge in [0.15, 0.2) is 0 Å². The van der Waals surface area contributed by atoms with Crippen molar-refractivity contribution in [3.8, 4) is 10.6 Å². The SMILES string of the molecule is CCc1ccc2nc(-c3c(N)nc(NC4CCN(C)CC4)nc3Cc3ccccc3)sc2c1. The van der Waals surface area contributed by atoms with Crippen LogP contribution in [0, 0.1) is 0 Å². The van der Waals surface area contributed by atoms with Crippen LogP contribution < -0.4 is 11.1 Å². The summed E-state index contributed by atoms with van der Waals surface area (Å²) >= 11 is 1.66. The molecule has 1 aliphatic heterocycles. The Morgan fingerprint density at radius 2 is 1.82 bits per heavy atom. The minimum atomic E-state index is 0.367. The monoisotopic (exact) mass is 458 g/mol. The Hall–Kier alpha value is -3.03. The molecule has 2 aromatic heterocycles. The lowest BCUT2D eigenvalue weighted by atomic mass is 10.1. The molecule has 33 heavy (non-hydrogen) atoms. The fraction of sp³-hybridized carbons (Fsp3) is 0.346. The van der Waals surface area contributed by atoms with Gasteiger partial charge in [-0.1, -0.05) is 43.3 Å². The number of rotatable bonds is 6. The van der Waals surface area contributed by atoms with Crippen molar-refractivity contribution < 1.29 is 0 Å². The second-order valence-electron chi connectivity index (χ2n) is 8.81. The lowest BCUT2D eigenvalue weighted by Gasteiger charge is -2.29. The van der Waals surface area contributed by atoms with Gasteiger partial charge in [-0.15, -0.1) is 11.3 Å². The Bertz CT molecular complexity index is 1240. The Balaban J connectivity index is 1.54. The van der Waals surface area contributed by atoms with Gasteiger partial charge >= 0.3 is 0 Å². The smallest absolute Gasteiger partial charge is 0.225 e. The van der Waals surface area contributed by atoms with Crippen molar-refractivity contribution in [3.63, 3.8) is 0 Å². The number of nitrogens with two attached hydrogens (primary N) is 1. The molecule has 5 rings (SSSR count). The molecule has 0 amide bonds. The predicted molar refractivity (Wildman–Crippen MR) is 138 cm³/mol. The Morgan fingerprint density at radius 1 is 1.03 bits per heavy atom. The standard InChI is InChI=1S/C26H30N6S/c1-3-17-9-10-20-22(16-17)33-25(29-20)23-21(15-18-7-5-4-6-8-18)30-26(31-24(23)27)28-19-11-13-32(2)14-12-19/h4-10,16,19H,3,11-15H2,1-2H3,(H3,27,28,30,31). The summed E-state index contributed by atoms with van der Waals surface area (Å²) in [7, 11) is 2.17. The van der Waals surface area contributed by atoms with Gasteiger partial charge in [-0.05, 0) is 62.7 Å². The first-order valence-corrected chi connectivity index (χ1v) is 12.5. The number of hydrogen-bond acceptors (Lipinski definition) is 7. The summed E-state index contributed by atoms with van der Waals surface area (Å²) in [4.78, 5) is 16.9. The quantitative estimate of drug-likeness (QED) is 0.423. The summed E-state index contributed by atoms with van der Waals surface area (Å²) in [5.74, 6) is 1.10. The molecule has 1 aliphatic rings. The molecule has 0 saturated carbocycles. The molecule has 0 atom stereocenters. The largest absolute Gasteiger partial charge is 0.383 e. The molecule has 0 aliphatic carbocycles. The number of likely N-dealkylation sites (tertiary alicyclic amines) is 1. The molecule has 2 aromatic carbocycles. The zero-order valence-electron chi connectivity index (χ0n) is 19.2. The lowest BCUT2D eigenvalue weighted by molar-refractivity contribution is 0.263. The van der Waals surface area contributed by atoms with Crippen LogP contribution in [0.5, 0.6) is 0 Å². The zero-order chi connectivity index (χ0) is 22.8. The van der Waals surface area contributed by atoms with Crippen molar-refractivity contribution >= 4 is 33.3 Å². The van der Waals surface area contributed by atoms with Crippen LogP contribution in [0.1, 0.15) is 36.6 Å². The van der Waals surface area contributed by atoms with Gasteiger partial charge in [0, 0.05) is 12.5 Å². The van der Waals surface area contributed by atoms with Crippen LogP contribution in [0.15, 0.2) is 48.5 Å². The molecule has 1 fully saturated rings. The number of anilines is 2. The minimum Gasteiger partial charge on any atom is -0.383 e. The molecule has 3 N–H and O–H groups in total. The van der Waals surface area contributed by atoms with E-state index < -0.39 is 0 Å². The van der Waals surface area contributed by atoms with Crippen molar-refractivity contribution in [1.82, 2.24) is 19.9 Å². The van der Waals surface area contributed by atoms with Crippen LogP contribution in [0.3, 0.4) is 0 Å². The lowest BCUT2D eigenvalue weighted by Crippen LogP contribution is -2.37. The topological polar surface area (TPSA) is 80.0 Å². The third-order valence-electron chi connectivity index (χ3n) is 6.35. The van der Waals surface area contributed by atoms with E-state index in [9.17, 15) is 0 Å². The molecule has 7 heteroatoms. The van der Waals surface area contributed by atoms with Gasteiger partial charge in [-0.3, -0.25) is 0 Å². The molecular formula is C26H30N6S. The van der Waals surface area contributed by atoms with Gasteiger partial charge in [-0.2, -0.15) is 4.98 Å². The number of nitrogens with one attached hydrogen (secondary N) is 1. The van der Waals surface area contributed by atoms with E-state index >= 15 is 0 Å². The van der Waals surface area contributed by atoms with E-state index in [2.05, 4.69) is 71.6 Å². The summed E-state index contributed by atoms with van der Waals surface area (Å²) in [6.45, 7) is 4.32. The Morgan fingerprint density at radius 3 is 2.58 bits per heavy atom. The second kappa shape index (κ2) is 9.45. The number of nitrogens with zero attached hydrogens (tertiary/aromatic N) is 4. The molecule has 0 spiro atoms. The van der Waals surface area contributed by atoms with E-state index in [1.807, 2.05) is 6.07 Å². The molecule has 170 valence electrons. The van der Waals surface area contributed by atoms with Crippen molar-refractivity contribution in [3.05, 3.63) is 65.4 Å². The molecule has 3 heterocycles. The van der Waals surface area contributed by atoms with Crippen LogP contribution in [-0.4, -0.2) is 46.0 Å². The fourth-order valence-corrected chi connectivity index (χ4v) is 5.48. The third kappa shape index (κ3) is 4.84. The van der Waals surface area contributed by atoms with Crippen LogP contribution in [-0.2, 0) is 12.8 Å². The number of benzene rings is 2. The van der Waals surface area contributed by atoms with Gasteiger partial charge in [0.2, 0.25) is 5.95 Å². The van der Waals surface area contributed by atoms with Crippen molar-refractivity contribution in [2.45, 2.75) is 38.6 Å². The average Bonchev–Trinajstić information content (AvgIpc) is 3.23. The van der Waals surface area contributed by atoms with E-state index in [-0.39, 0.29) is 0 Å². The van der Waals surface area contributed by atoms with Crippen molar-refractivity contribution in [2.75, 3.05) is 31.2 Å². The highest BCUT2D eigenvalue weighted by molar-refractivity contribution is 7.21. The van der Waals surface area contributed by atoms with Gasteiger partial charge in [-0.25, -0.2) is 9.97 Å². The fourth-order valence-electron chi connectivity index (χ4n) is 4.37. The second-order valence-corrected chi connectivity index (χ2v) is 9.84. The molecule has 1 saturated heterocycles. The number of aromatic nitrogens is 3. The van der Waals surface area contributed by atoms with E-state index in [1.54, 1.807) is 11.3 Å². The highest BCUT2D eigenvalue weighted by Crippen LogP contribution is 2.36. The summed E-state index contributed by atoms with van der Waals surface area (Å²) in [5.41, 5.74) is 11.8. The summed E-state index contributed by atoms with van der Waals surface area (Å²) < 4.78 is 1.17. The molecule has 0 bridgehead atoms. The number of nitrogen functional groups attached to an aromatic ring is 1. The summed E-state index contributed by atoms with van der Waals surface area (Å²) in [5, 5.41) is 4.42. The highest BCUT2D eigenvalue weighted by Gasteiger charge is 2.22. The van der Waals surface area contributed by atoms with Crippen LogP contribution in [0.25, 0.3) is 20.8 Å². The predicted octanol–water partition coefficient (Wildman–Crippen LogP) is 4.99. The number of hydrogen-bond donors (Lipinski definition) is 2. The number of thiazole rings is 1. The highest BCUT2D eigenvalue weighted by atomic mass is 32.1. The van der Waals surface area contributed by atoms with E-state index in [0.29, 0.717) is 24.2 Å². The first-order chi connectivity index (χ1) is 16.1. The van der Waals surface area contributed by atoms with Gasteiger partial charge in [0.05, 0.1) is 21.5 Å². The van der Waals surface area contributed by atoms with Gasteiger partial charge < -0.3 is 16.0 Å². The zero-order valence-corrected chi connectivity index (χ0v) is 20.0. The van der Waals surface area contributed by atoms with Gasteiger partial charge in [0.1, 0.15) is 10.8 Å². The molecular weight excluding hydrogens is 428 g/mol. The summed E-state index contributed by atoms with van der Waals surface area (Å²) in [6, 6.07) is 17.2. The summed E-state index contributed by atoms with van der Waals surface area (Å²) in [6.07, 6.45) is 3.84. The van der Waals surface area contributed by atoms with E-state index in [1.165, 1.54) is 15.8 Å². The first-order valence-electron chi connectivity index (χ1n) is 11.6. The molecule has 6 nitrogen and oxygen atoms in total. The van der Waals surface area contributed by atoms with Gasteiger partial charge in [0.25, 0.3) is 0 Å². The molecule has 4 aromatic rings. The van der Waals surface area contributed by atoms with Crippen molar-refractivity contribution in [2.24, 2.45) is 0 Å².